The molecule has 7 heteroatoms. The molecule has 0 heterocycles. The fraction of sp³-hybridized carbons (Fsp3) is 0.235. The first-order valence-electron chi connectivity index (χ1n) is 7.07. The van der Waals surface area contributed by atoms with E-state index in [2.05, 4.69) is 5.32 Å². The predicted octanol–water partition coefficient (Wildman–Crippen LogP) is 4.37. The van der Waals surface area contributed by atoms with Gasteiger partial charge in [-0.05, 0) is 17.7 Å². The summed E-state index contributed by atoms with van der Waals surface area (Å²) in [6.07, 6.45) is 0. The van der Waals surface area contributed by atoms with E-state index in [0.29, 0.717) is 28.0 Å². The smallest absolute Gasteiger partial charge is 0.234 e. The minimum Gasteiger partial charge on any atom is -0.493 e. The van der Waals surface area contributed by atoms with Crippen LogP contribution < -0.4 is 14.8 Å². The second-order valence-corrected chi connectivity index (χ2v) is 6.25. The van der Waals surface area contributed by atoms with Crippen molar-refractivity contribution < 1.29 is 18.7 Å². The molecule has 0 saturated heterocycles. The maximum Gasteiger partial charge on any atom is 0.234 e. The summed E-state index contributed by atoms with van der Waals surface area (Å²) in [7, 11) is 3.02. The van der Waals surface area contributed by atoms with Gasteiger partial charge in [-0.15, -0.1) is 11.8 Å². The topological polar surface area (TPSA) is 47.6 Å². The van der Waals surface area contributed by atoms with E-state index in [4.69, 9.17) is 21.1 Å². The lowest BCUT2D eigenvalue weighted by Gasteiger charge is -2.12. The first kappa shape index (κ1) is 18.4. The molecule has 0 spiro atoms. The first-order chi connectivity index (χ1) is 11.5. The third-order valence-electron chi connectivity index (χ3n) is 3.16. The van der Waals surface area contributed by atoms with Gasteiger partial charge in [-0.1, -0.05) is 23.7 Å². The average molecular weight is 370 g/mol. The van der Waals surface area contributed by atoms with Gasteiger partial charge in [0.05, 0.1) is 30.7 Å². The van der Waals surface area contributed by atoms with E-state index in [1.807, 2.05) is 0 Å². The number of anilines is 1. The van der Waals surface area contributed by atoms with Crippen LogP contribution in [0.15, 0.2) is 36.4 Å². The number of methoxy groups -OCH3 is 2. The van der Waals surface area contributed by atoms with E-state index in [9.17, 15) is 9.18 Å². The number of ether oxygens (including phenoxy) is 2. The molecule has 0 radical (unpaired) electrons. The zero-order valence-electron chi connectivity index (χ0n) is 13.3. The summed E-state index contributed by atoms with van der Waals surface area (Å²) in [4.78, 5) is 12.0. The minimum absolute atomic E-state index is 0.184. The normalized spacial score (nSPS) is 10.3. The van der Waals surface area contributed by atoms with Gasteiger partial charge >= 0.3 is 0 Å². The number of amides is 1. The molecular weight excluding hydrogens is 353 g/mol. The van der Waals surface area contributed by atoms with Crippen LogP contribution in [0.1, 0.15) is 5.56 Å². The molecular formula is C17H17ClFNO3S. The highest BCUT2D eigenvalue weighted by Crippen LogP contribution is 2.36. The second kappa shape index (κ2) is 8.80. The number of hydrogen-bond acceptors (Lipinski definition) is 4. The van der Waals surface area contributed by atoms with E-state index in [0.717, 1.165) is 5.56 Å². The molecule has 1 amide bonds. The molecule has 1 N–H and O–H groups in total. The van der Waals surface area contributed by atoms with E-state index >= 15 is 0 Å². The lowest BCUT2D eigenvalue weighted by atomic mass is 10.2. The van der Waals surface area contributed by atoms with Gasteiger partial charge in [0.15, 0.2) is 11.5 Å². The van der Waals surface area contributed by atoms with Crippen LogP contribution in [-0.4, -0.2) is 25.9 Å². The van der Waals surface area contributed by atoms with Gasteiger partial charge in [-0.2, -0.15) is 0 Å². The van der Waals surface area contributed by atoms with Gasteiger partial charge in [-0.25, -0.2) is 4.39 Å². The molecule has 2 rings (SSSR count). The second-order valence-electron chi connectivity index (χ2n) is 4.85. The van der Waals surface area contributed by atoms with Crippen molar-refractivity contribution in [1.29, 1.82) is 0 Å². The fourth-order valence-corrected chi connectivity index (χ4v) is 2.97. The summed E-state index contributed by atoms with van der Waals surface area (Å²) in [5.74, 6) is 1.39. The molecule has 0 aromatic heterocycles. The summed E-state index contributed by atoms with van der Waals surface area (Å²) < 4.78 is 23.2. The van der Waals surface area contributed by atoms with Crippen LogP contribution in [0.2, 0.25) is 5.02 Å². The Morgan fingerprint density at radius 1 is 1.17 bits per heavy atom. The lowest BCUT2D eigenvalue weighted by molar-refractivity contribution is -0.113. The largest absolute Gasteiger partial charge is 0.493 e. The minimum atomic E-state index is -0.274. The summed E-state index contributed by atoms with van der Waals surface area (Å²) in [6, 6.07) is 9.40. The van der Waals surface area contributed by atoms with Crippen LogP contribution in [-0.2, 0) is 10.5 Å². The lowest BCUT2D eigenvalue weighted by Crippen LogP contribution is -2.14. The number of benzene rings is 2. The number of rotatable bonds is 7. The first-order valence-corrected chi connectivity index (χ1v) is 8.60. The summed E-state index contributed by atoms with van der Waals surface area (Å²) in [6.45, 7) is 0. The summed E-state index contributed by atoms with van der Waals surface area (Å²) >= 11 is 7.56. The summed E-state index contributed by atoms with van der Waals surface area (Å²) in [5.41, 5.74) is 1.42. The highest BCUT2D eigenvalue weighted by molar-refractivity contribution is 7.99. The number of carbonyl (C=O) groups is 1. The van der Waals surface area contributed by atoms with Crippen LogP contribution in [0.3, 0.4) is 0 Å². The quantitative estimate of drug-likeness (QED) is 0.787. The van der Waals surface area contributed by atoms with Crippen LogP contribution in [0.25, 0.3) is 0 Å². The molecule has 0 saturated carbocycles. The van der Waals surface area contributed by atoms with Crippen LogP contribution in [0, 0.1) is 5.82 Å². The van der Waals surface area contributed by atoms with Crippen molar-refractivity contribution >= 4 is 35.0 Å². The zero-order chi connectivity index (χ0) is 17.5. The fourth-order valence-electron chi connectivity index (χ4n) is 1.98. The summed E-state index contributed by atoms with van der Waals surface area (Å²) in [5, 5.41) is 3.11. The van der Waals surface area contributed by atoms with Gasteiger partial charge < -0.3 is 14.8 Å². The molecule has 0 fully saturated rings. The number of hydrogen-bond donors (Lipinski definition) is 1. The molecule has 0 bridgehead atoms. The Morgan fingerprint density at radius 2 is 1.79 bits per heavy atom. The monoisotopic (exact) mass is 369 g/mol. The number of thioether (sulfide) groups is 1. The number of nitrogens with one attached hydrogen (secondary N) is 1. The van der Waals surface area contributed by atoms with Crippen LogP contribution in [0.4, 0.5) is 10.1 Å². The van der Waals surface area contributed by atoms with Crippen molar-refractivity contribution in [3.05, 3.63) is 52.8 Å². The molecule has 4 nitrogen and oxygen atoms in total. The molecule has 0 aliphatic rings. The third-order valence-corrected chi connectivity index (χ3v) is 4.48. The van der Waals surface area contributed by atoms with Gasteiger partial charge in [0.1, 0.15) is 5.82 Å². The van der Waals surface area contributed by atoms with Crippen LogP contribution >= 0.6 is 23.4 Å². The van der Waals surface area contributed by atoms with E-state index in [1.165, 1.54) is 38.1 Å². The maximum atomic E-state index is 12.8. The SMILES string of the molecule is COc1cc(Cl)c(NC(=O)CSCc2ccc(F)cc2)cc1OC. The Labute approximate surface area is 149 Å². The van der Waals surface area contributed by atoms with Gasteiger partial charge in [0, 0.05) is 17.9 Å². The molecule has 0 aliphatic carbocycles. The number of halogens is 2. The molecule has 0 atom stereocenters. The number of carbonyl (C=O) groups excluding carboxylic acids is 1. The molecule has 24 heavy (non-hydrogen) atoms. The highest BCUT2D eigenvalue weighted by atomic mass is 35.5. The van der Waals surface area contributed by atoms with E-state index < -0.39 is 0 Å². The molecule has 2 aromatic carbocycles. The average Bonchev–Trinajstić information content (AvgIpc) is 2.58. The standard InChI is InChI=1S/C17H17ClFNO3S/c1-22-15-7-13(18)14(8-16(15)23-2)20-17(21)10-24-9-11-3-5-12(19)6-4-11/h3-8H,9-10H2,1-2H3,(H,20,21). The molecule has 0 aliphatic heterocycles. The van der Waals surface area contributed by atoms with Crippen molar-refractivity contribution in [3.8, 4) is 11.5 Å². The van der Waals surface area contributed by atoms with Gasteiger partial charge in [-0.3, -0.25) is 4.79 Å². The van der Waals surface area contributed by atoms with E-state index in [-0.39, 0.29) is 17.5 Å². The highest BCUT2D eigenvalue weighted by Gasteiger charge is 2.12. The Balaban J connectivity index is 1.91. The third kappa shape index (κ3) is 5.04. The predicted molar refractivity (Wildman–Crippen MR) is 95.7 cm³/mol. The molecule has 2 aromatic rings. The van der Waals surface area contributed by atoms with Crippen molar-refractivity contribution in [1.82, 2.24) is 0 Å². The van der Waals surface area contributed by atoms with Crippen molar-refractivity contribution in [2.24, 2.45) is 0 Å². The van der Waals surface area contributed by atoms with Crippen molar-refractivity contribution in [3.63, 3.8) is 0 Å². The van der Waals surface area contributed by atoms with Gasteiger partial charge in [0.2, 0.25) is 5.91 Å². The zero-order valence-corrected chi connectivity index (χ0v) is 14.8. The van der Waals surface area contributed by atoms with E-state index in [1.54, 1.807) is 24.3 Å². The Bertz CT molecular complexity index is 710. The Hall–Kier alpha value is -1.92. The Morgan fingerprint density at radius 3 is 2.42 bits per heavy atom. The Kier molecular flexibility index (Phi) is 6.75. The van der Waals surface area contributed by atoms with Crippen molar-refractivity contribution in [2.75, 3.05) is 25.3 Å². The maximum absolute atomic E-state index is 12.8. The van der Waals surface area contributed by atoms with Crippen LogP contribution in [0.5, 0.6) is 11.5 Å². The molecule has 0 unspecified atom stereocenters. The molecule has 128 valence electrons. The van der Waals surface area contributed by atoms with Crippen molar-refractivity contribution in [2.45, 2.75) is 5.75 Å². The van der Waals surface area contributed by atoms with Gasteiger partial charge in [0.25, 0.3) is 0 Å².